The van der Waals surface area contributed by atoms with E-state index in [1.54, 1.807) is 11.3 Å². The van der Waals surface area contributed by atoms with Crippen LogP contribution in [0.1, 0.15) is 34.0 Å². The van der Waals surface area contributed by atoms with E-state index >= 15 is 0 Å². The second kappa shape index (κ2) is 4.04. The molecular formula is C14H15NS. The van der Waals surface area contributed by atoms with Gasteiger partial charge in [0.05, 0.1) is 6.04 Å². The Morgan fingerprint density at radius 2 is 2.00 bits per heavy atom. The topological polar surface area (TPSA) is 26.0 Å². The van der Waals surface area contributed by atoms with Gasteiger partial charge in [0.2, 0.25) is 0 Å². The van der Waals surface area contributed by atoms with Crippen molar-refractivity contribution in [1.82, 2.24) is 0 Å². The Labute approximate surface area is 99.9 Å². The fraction of sp³-hybridized carbons (Fsp3) is 0.286. The third-order valence-corrected chi connectivity index (χ3v) is 4.29. The third kappa shape index (κ3) is 1.68. The number of aryl methyl sites for hydroxylation is 2. The molecule has 1 aliphatic rings. The molecule has 1 aromatic heterocycles. The van der Waals surface area contributed by atoms with Crippen molar-refractivity contribution in [2.24, 2.45) is 5.73 Å². The fourth-order valence-corrected chi connectivity index (χ4v) is 3.17. The van der Waals surface area contributed by atoms with Crippen LogP contribution in [-0.4, -0.2) is 0 Å². The standard InChI is InChI=1S/C14H15NS/c15-14(13-5-2-8-16-13)12-7-6-10-3-1-4-11(10)9-12/h2,5-9,14H,1,3-4,15H2. The van der Waals surface area contributed by atoms with Gasteiger partial charge in [0.15, 0.2) is 0 Å². The van der Waals surface area contributed by atoms with Crippen LogP contribution in [0.2, 0.25) is 0 Å². The molecule has 0 saturated carbocycles. The van der Waals surface area contributed by atoms with E-state index in [9.17, 15) is 0 Å². The van der Waals surface area contributed by atoms with Gasteiger partial charge >= 0.3 is 0 Å². The summed E-state index contributed by atoms with van der Waals surface area (Å²) >= 11 is 1.73. The smallest absolute Gasteiger partial charge is 0.0646 e. The quantitative estimate of drug-likeness (QED) is 0.840. The van der Waals surface area contributed by atoms with E-state index in [0.29, 0.717) is 0 Å². The molecule has 0 aliphatic heterocycles. The number of fused-ring (bicyclic) bond motifs is 1. The van der Waals surface area contributed by atoms with Gasteiger partial charge in [-0.25, -0.2) is 0 Å². The van der Waals surface area contributed by atoms with Crippen LogP contribution in [0.5, 0.6) is 0 Å². The molecule has 1 aromatic carbocycles. The first kappa shape index (κ1) is 10.1. The second-order valence-corrected chi connectivity index (χ2v) is 5.35. The number of nitrogens with two attached hydrogens (primary N) is 1. The molecule has 0 spiro atoms. The monoisotopic (exact) mass is 229 g/mol. The van der Waals surface area contributed by atoms with Crippen molar-refractivity contribution in [3.8, 4) is 0 Å². The summed E-state index contributed by atoms with van der Waals surface area (Å²) in [6, 6.07) is 11.0. The van der Waals surface area contributed by atoms with Gasteiger partial charge in [0.25, 0.3) is 0 Å². The molecule has 82 valence electrons. The Balaban J connectivity index is 1.95. The second-order valence-electron chi connectivity index (χ2n) is 4.37. The third-order valence-electron chi connectivity index (χ3n) is 3.33. The van der Waals surface area contributed by atoms with Gasteiger partial charge in [-0.2, -0.15) is 0 Å². The van der Waals surface area contributed by atoms with Crippen LogP contribution in [0.3, 0.4) is 0 Å². The molecule has 1 nitrogen and oxygen atoms in total. The fourth-order valence-electron chi connectivity index (χ4n) is 2.42. The van der Waals surface area contributed by atoms with E-state index < -0.39 is 0 Å². The highest BCUT2D eigenvalue weighted by atomic mass is 32.1. The maximum atomic E-state index is 6.27. The molecule has 1 unspecified atom stereocenters. The van der Waals surface area contributed by atoms with Crippen molar-refractivity contribution in [2.45, 2.75) is 25.3 Å². The molecule has 1 aliphatic carbocycles. The van der Waals surface area contributed by atoms with E-state index in [1.807, 2.05) is 0 Å². The minimum absolute atomic E-state index is 0.0471. The zero-order valence-corrected chi connectivity index (χ0v) is 9.96. The molecule has 1 heterocycles. The van der Waals surface area contributed by atoms with Crippen molar-refractivity contribution in [3.05, 3.63) is 57.3 Å². The van der Waals surface area contributed by atoms with Gasteiger partial charge in [-0.3, -0.25) is 0 Å². The van der Waals surface area contributed by atoms with E-state index in [0.717, 1.165) is 0 Å². The number of rotatable bonds is 2. The summed E-state index contributed by atoms with van der Waals surface area (Å²) < 4.78 is 0. The van der Waals surface area contributed by atoms with Crippen molar-refractivity contribution in [1.29, 1.82) is 0 Å². The van der Waals surface area contributed by atoms with E-state index in [1.165, 1.54) is 40.8 Å². The molecule has 0 saturated heterocycles. The Bertz CT molecular complexity index is 487. The van der Waals surface area contributed by atoms with Crippen LogP contribution in [0, 0.1) is 0 Å². The lowest BCUT2D eigenvalue weighted by Gasteiger charge is -2.11. The highest BCUT2D eigenvalue weighted by molar-refractivity contribution is 7.10. The molecule has 0 fully saturated rings. The lowest BCUT2D eigenvalue weighted by atomic mass is 10.0. The van der Waals surface area contributed by atoms with Crippen molar-refractivity contribution >= 4 is 11.3 Å². The summed E-state index contributed by atoms with van der Waals surface area (Å²) in [4.78, 5) is 1.25. The first-order chi connectivity index (χ1) is 7.84. The minimum atomic E-state index is 0.0471. The summed E-state index contributed by atoms with van der Waals surface area (Å²) in [5.74, 6) is 0. The summed E-state index contributed by atoms with van der Waals surface area (Å²) in [6.45, 7) is 0. The Morgan fingerprint density at radius 1 is 1.12 bits per heavy atom. The minimum Gasteiger partial charge on any atom is -0.320 e. The first-order valence-electron chi connectivity index (χ1n) is 5.75. The molecule has 16 heavy (non-hydrogen) atoms. The lowest BCUT2D eigenvalue weighted by molar-refractivity contribution is 0.887. The Kier molecular flexibility index (Phi) is 2.54. The summed E-state index contributed by atoms with van der Waals surface area (Å²) in [7, 11) is 0. The summed E-state index contributed by atoms with van der Waals surface area (Å²) in [5.41, 5.74) is 10.5. The summed E-state index contributed by atoms with van der Waals surface area (Å²) in [5, 5.41) is 2.09. The van der Waals surface area contributed by atoms with Crippen LogP contribution in [0.15, 0.2) is 35.7 Å². The highest BCUT2D eigenvalue weighted by Gasteiger charge is 2.15. The normalized spacial score (nSPS) is 16.1. The molecule has 0 amide bonds. The van der Waals surface area contributed by atoms with Gasteiger partial charge in [0.1, 0.15) is 0 Å². The number of thiophene rings is 1. The molecular weight excluding hydrogens is 214 g/mol. The Morgan fingerprint density at radius 3 is 2.81 bits per heavy atom. The van der Waals surface area contributed by atoms with Gasteiger partial charge < -0.3 is 5.73 Å². The molecule has 0 bridgehead atoms. The first-order valence-corrected chi connectivity index (χ1v) is 6.63. The number of hydrogen-bond donors (Lipinski definition) is 1. The predicted octanol–water partition coefficient (Wildman–Crippen LogP) is 3.28. The van der Waals surface area contributed by atoms with Gasteiger partial charge in [-0.1, -0.05) is 24.3 Å². The van der Waals surface area contributed by atoms with Crippen LogP contribution in [0.4, 0.5) is 0 Å². The van der Waals surface area contributed by atoms with E-state index in [2.05, 4.69) is 35.7 Å². The zero-order valence-electron chi connectivity index (χ0n) is 9.15. The van der Waals surface area contributed by atoms with Gasteiger partial charge in [-0.15, -0.1) is 11.3 Å². The average molecular weight is 229 g/mol. The van der Waals surface area contributed by atoms with Crippen LogP contribution >= 0.6 is 11.3 Å². The van der Waals surface area contributed by atoms with Crippen LogP contribution < -0.4 is 5.73 Å². The summed E-state index contributed by atoms with van der Waals surface area (Å²) in [6.07, 6.45) is 3.76. The van der Waals surface area contributed by atoms with Crippen molar-refractivity contribution in [3.63, 3.8) is 0 Å². The number of hydrogen-bond acceptors (Lipinski definition) is 2. The van der Waals surface area contributed by atoms with E-state index in [4.69, 9.17) is 5.73 Å². The van der Waals surface area contributed by atoms with Crippen LogP contribution in [0.25, 0.3) is 0 Å². The molecule has 2 aromatic rings. The lowest BCUT2D eigenvalue weighted by Crippen LogP contribution is -2.10. The van der Waals surface area contributed by atoms with Crippen LogP contribution in [-0.2, 0) is 12.8 Å². The average Bonchev–Trinajstić information content (AvgIpc) is 2.98. The Hall–Kier alpha value is -1.12. The highest BCUT2D eigenvalue weighted by Crippen LogP contribution is 2.28. The maximum absolute atomic E-state index is 6.27. The van der Waals surface area contributed by atoms with Crippen molar-refractivity contribution < 1.29 is 0 Å². The molecule has 2 heteroatoms. The molecule has 2 N–H and O–H groups in total. The SMILES string of the molecule is NC(c1ccc2c(c1)CCC2)c1cccs1. The molecule has 3 rings (SSSR count). The van der Waals surface area contributed by atoms with Gasteiger partial charge in [0, 0.05) is 4.88 Å². The largest absolute Gasteiger partial charge is 0.320 e. The van der Waals surface area contributed by atoms with E-state index in [-0.39, 0.29) is 6.04 Å². The predicted molar refractivity (Wildman–Crippen MR) is 68.8 cm³/mol. The zero-order chi connectivity index (χ0) is 11.0. The van der Waals surface area contributed by atoms with Crippen molar-refractivity contribution in [2.75, 3.05) is 0 Å². The van der Waals surface area contributed by atoms with Gasteiger partial charge in [-0.05, 0) is 47.4 Å². The molecule has 1 atom stereocenters. The molecule has 0 radical (unpaired) electrons. The maximum Gasteiger partial charge on any atom is 0.0646 e. The number of benzene rings is 1.